The highest BCUT2D eigenvalue weighted by atomic mass is 32.2. The molecule has 0 unspecified atom stereocenters. The predicted molar refractivity (Wildman–Crippen MR) is 117 cm³/mol. The third-order valence-electron chi connectivity index (χ3n) is 5.81. The van der Waals surface area contributed by atoms with Crippen LogP contribution in [0.15, 0.2) is 41.3 Å². The minimum Gasteiger partial charge on any atom is -0.378 e. The van der Waals surface area contributed by atoms with Gasteiger partial charge in [-0.25, -0.2) is 17.2 Å². The maximum Gasteiger partial charge on any atom is 0.256 e. The molecule has 0 N–H and O–H groups in total. The second-order valence-electron chi connectivity index (χ2n) is 7.93. The molecule has 0 bridgehead atoms. The summed E-state index contributed by atoms with van der Waals surface area (Å²) in [4.78, 5) is 19.1. The molecule has 0 atom stereocenters. The zero-order chi connectivity index (χ0) is 22.9. The summed E-state index contributed by atoms with van der Waals surface area (Å²) in [5, 5.41) is 0. The average Bonchev–Trinajstić information content (AvgIpc) is 2.80. The van der Waals surface area contributed by atoms with Gasteiger partial charge in [0.05, 0.1) is 23.7 Å². The van der Waals surface area contributed by atoms with Gasteiger partial charge in [-0.1, -0.05) is 0 Å². The topological polar surface area (TPSA) is 70.2 Å². The number of anilines is 2. The van der Waals surface area contributed by atoms with E-state index in [1.54, 1.807) is 11.0 Å². The molecule has 0 aromatic heterocycles. The van der Waals surface area contributed by atoms with E-state index in [2.05, 4.69) is 0 Å². The van der Waals surface area contributed by atoms with E-state index in [0.29, 0.717) is 69.4 Å². The minimum atomic E-state index is -3.48. The summed E-state index contributed by atoms with van der Waals surface area (Å²) in [6.45, 7) is 3.96. The summed E-state index contributed by atoms with van der Waals surface area (Å²) in [6, 6.07) is 8.42. The molecule has 2 fully saturated rings. The maximum absolute atomic E-state index is 13.6. The molecule has 172 valence electrons. The summed E-state index contributed by atoms with van der Waals surface area (Å²) in [7, 11) is -3.48. The smallest absolute Gasteiger partial charge is 0.256 e. The van der Waals surface area contributed by atoms with Crippen molar-refractivity contribution in [1.82, 2.24) is 4.90 Å². The van der Waals surface area contributed by atoms with E-state index in [-0.39, 0.29) is 10.8 Å². The van der Waals surface area contributed by atoms with E-state index in [4.69, 9.17) is 4.74 Å². The van der Waals surface area contributed by atoms with Crippen LogP contribution >= 0.6 is 0 Å². The standard InChI is InChI=1S/C22H25F2N3O4S/c1-32(29,30)17-3-5-21(26-10-12-31-13-11-26)18(15-17)22(28)27-8-6-25(7-9-27)16-2-4-19(23)20(24)14-16/h2-5,14-15H,6-13H2,1H3. The van der Waals surface area contributed by atoms with Gasteiger partial charge in [0.2, 0.25) is 0 Å². The number of hydrogen-bond acceptors (Lipinski definition) is 6. The molecule has 2 aliphatic heterocycles. The van der Waals surface area contributed by atoms with E-state index >= 15 is 0 Å². The fraction of sp³-hybridized carbons (Fsp3) is 0.409. The van der Waals surface area contributed by atoms with Crippen molar-refractivity contribution in [1.29, 1.82) is 0 Å². The van der Waals surface area contributed by atoms with E-state index in [1.165, 1.54) is 18.2 Å². The van der Waals surface area contributed by atoms with Crippen LogP contribution in [0.25, 0.3) is 0 Å². The normalized spacial score (nSPS) is 17.5. The Hall–Kier alpha value is -2.72. The Morgan fingerprint density at radius 1 is 0.875 bits per heavy atom. The molecule has 0 radical (unpaired) electrons. The van der Waals surface area contributed by atoms with Gasteiger partial charge in [0, 0.05) is 63.0 Å². The lowest BCUT2D eigenvalue weighted by molar-refractivity contribution is 0.0746. The van der Waals surface area contributed by atoms with Gasteiger partial charge < -0.3 is 19.4 Å². The number of piperazine rings is 1. The van der Waals surface area contributed by atoms with E-state index in [1.807, 2.05) is 9.80 Å². The summed E-state index contributed by atoms with van der Waals surface area (Å²) < 4.78 is 56.4. The van der Waals surface area contributed by atoms with Crippen molar-refractivity contribution in [3.8, 4) is 0 Å². The van der Waals surface area contributed by atoms with Gasteiger partial charge in [0.1, 0.15) is 0 Å². The van der Waals surface area contributed by atoms with Crippen LogP contribution in [0.5, 0.6) is 0 Å². The Labute approximate surface area is 186 Å². The number of carbonyl (C=O) groups excluding carboxylic acids is 1. The fourth-order valence-corrected chi connectivity index (χ4v) is 4.66. The van der Waals surface area contributed by atoms with Crippen molar-refractivity contribution in [3.05, 3.63) is 53.6 Å². The Kier molecular flexibility index (Phi) is 6.34. The first-order valence-corrected chi connectivity index (χ1v) is 12.3. The highest BCUT2D eigenvalue weighted by Gasteiger charge is 2.27. The number of halogens is 2. The van der Waals surface area contributed by atoms with Crippen LogP contribution < -0.4 is 9.80 Å². The lowest BCUT2D eigenvalue weighted by Crippen LogP contribution is -2.49. The first-order valence-electron chi connectivity index (χ1n) is 10.4. The number of hydrogen-bond donors (Lipinski definition) is 0. The Bertz CT molecular complexity index is 1110. The monoisotopic (exact) mass is 465 g/mol. The second kappa shape index (κ2) is 9.03. The molecule has 32 heavy (non-hydrogen) atoms. The largest absolute Gasteiger partial charge is 0.378 e. The summed E-state index contributed by atoms with van der Waals surface area (Å²) in [5.41, 5.74) is 1.59. The number of sulfone groups is 1. The van der Waals surface area contributed by atoms with E-state index in [0.717, 1.165) is 18.4 Å². The molecule has 2 aliphatic rings. The predicted octanol–water partition coefficient (Wildman–Crippen LogP) is 2.17. The molecule has 0 saturated carbocycles. The quantitative estimate of drug-likeness (QED) is 0.690. The van der Waals surface area contributed by atoms with Gasteiger partial charge in [0.15, 0.2) is 21.5 Å². The zero-order valence-corrected chi connectivity index (χ0v) is 18.6. The first-order chi connectivity index (χ1) is 15.2. The molecule has 0 aliphatic carbocycles. The van der Waals surface area contributed by atoms with Gasteiger partial charge in [-0.3, -0.25) is 4.79 Å². The number of morpholine rings is 1. The summed E-state index contributed by atoms with van der Waals surface area (Å²) in [6.07, 6.45) is 1.12. The number of benzene rings is 2. The molecular formula is C22H25F2N3O4S. The number of ether oxygens (including phenoxy) is 1. The highest BCUT2D eigenvalue weighted by Crippen LogP contribution is 2.28. The first kappa shape index (κ1) is 22.5. The van der Waals surface area contributed by atoms with Crippen LogP contribution in [0.1, 0.15) is 10.4 Å². The van der Waals surface area contributed by atoms with Crippen molar-refractivity contribution in [3.63, 3.8) is 0 Å². The number of amides is 1. The van der Waals surface area contributed by atoms with Gasteiger partial charge in [-0.05, 0) is 30.3 Å². The van der Waals surface area contributed by atoms with Gasteiger partial charge in [-0.15, -0.1) is 0 Å². The maximum atomic E-state index is 13.6. The molecule has 2 heterocycles. The molecule has 2 saturated heterocycles. The zero-order valence-electron chi connectivity index (χ0n) is 17.8. The molecular weight excluding hydrogens is 440 g/mol. The SMILES string of the molecule is CS(=O)(=O)c1ccc(N2CCOCC2)c(C(=O)N2CCN(c3ccc(F)c(F)c3)CC2)c1. The third-order valence-corrected chi connectivity index (χ3v) is 6.92. The van der Waals surface area contributed by atoms with Crippen LogP contribution in [0.4, 0.5) is 20.2 Å². The average molecular weight is 466 g/mol. The summed E-state index contributed by atoms with van der Waals surface area (Å²) in [5.74, 6) is -2.06. The van der Waals surface area contributed by atoms with Gasteiger partial charge >= 0.3 is 0 Å². The number of rotatable bonds is 4. The molecule has 7 nitrogen and oxygen atoms in total. The highest BCUT2D eigenvalue weighted by molar-refractivity contribution is 7.90. The molecule has 0 spiro atoms. The van der Waals surface area contributed by atoms with Crippen LogP contribution in [-0.2, 0) is 14.6 Å². The van der Waals surface area contributed by atoms with Crippen LogP contribution in [0.3, 0.4) is 0 Å². The third kappa shape index (κ3) is 4.71. The molecule has 2 aromatic rings. The summed E-state index contributed by atoms with van der Waals surface area (Å²) >= 11 is 0. The van der Waals surface area contributed by atoms with E-state index in [9.17, 15) is 22.0 Å². The molecule has 2 aromatic carbocycles. The second-order valence-corrected chi connectivity index (χ2v) is 9.94. The van der Waals surface area contributed by atoms with Crippen LogP contribution in [0, 0.1) is 11.6 Å². The molecule has 4 rings (SSSR count). The lowest BCUT2D eigenvalue weighted by atomic mass is 10.1. The molecule has 1 amide bonds. The lowest BCUT2D eigenvalue weighted by Gasteiger charge is -2.37. The minimum absolute atomic E-state index is 0.0956. The van der Waals surface area contributed by atoms with Crippen LogP contribution in [-0.4, -0.2) is 78.0 Å². The Morgan fingerprint density at radius 3 is 2.19 bits per heavy atom. The fourth-order valence-electron chi connectivity index (χ4n) is 4.02. The van der Waals surface area contributed by atoms with E-state index < -0.39 is 21.5 Å². The Morgan fingerprint density at radius 2 is 1.56 bits per heavy atom. The van der Waals surface area contributed by atoms with Gasteiger partial charge in [-0.2, -0.15) is 0 Å². The van der Waals surface area contributed by atoms with Crippen molar-refractivity contribution in [2.24, 2.45) is 0 Å². The molecule has 10 heteroatoms. The van der Waals surface area contributed by atoms with Crippen molar-refractivity contribution in [2.45, 2.75) is 4.90 Å². The van der Waals surface area contributed by atoms with Gasteiger partial charge in [0.25, 0.3) is 5.91 Å². The number of nitrogens with zero attached hydrogens (tertiary/aromatic N) is 3. The van der Waals surface area contributed by atoms with Crippen LogP contribution in [0.2, 0.25) is 0 Å². The Balaban J connectivity index is 1.56. The number of carbonyl (C=O) groups is 1. The van der Waals surface area contributed by atoms with Crippen molar-refractivity contribution < 1.29 is 26.7 Å². The van der Waals surface area contributed by atoms with Crippen molar-refractivity contribution >= 4 is 27.1 Å². The van der Waals surface area contributed by atoms with Crippen molar-refractivity contribution in [2.75, 3.05) is 68.5 Å².